The molecule has 1 aromatic heterocycles. The molecule has 0 aliphatic rings. The van der Waals surface area contributed by atoms with E-state index in [0.717, 1.165) is 11.3 Å². The molecule has 0 saturated heterocycles. The van der Waals surface area contributed by atoms with Gasteiger partial charge in [-0.1, -0.05) is 0 Å². The summed E-state index contributed by atoms with van der Waals surface area (Å²) in [5.74, 6) is 1.35. The molecule has 23 heavy (non-hydrogen) atoms. The minimum Gasteiger partial charge on any atom is -0.495 e. The molecule has 122 valence electrons. The van der Waals surface area contributed by atoms with Gasteiger partial charge >= 0.3 is 0 Å². The maximum atomic E-state index is 12.5. The van der Waals surface area contributed by atoms with Gasteiger partial charge in [0.2, 0.25) is 5.91 Å². The Balaban J connectivity index is 2.29. The molecule has 0 aliphatic carbocycles. The third-order valence-corrected chi connectivity index (χ3v) is 3.56. The Kier molecular flexibility index (Phi) is 4.74. The van der Waals surface area contributed by atoms with Crippen LogP contribution < -0.4 is 15.4 Å². The first-order valence-corrected chi connectivity index (χ1v) is 7.17. The Hall–Kier alpha value is -2.76. The minimum atomic E-state index is -0.254. The predicted octanol–water partition coefficient (Wildman–Crippen LogP) is 3.42. The lowest BCUT2D eigenvalue weighted by Gasteiger charge is -2.12. The van der Waals surface area contributed by atoms with Gasteiger partial charge in [-0.3, -0.25) is 9.59 Å². The summed E-state index contributed by atoms with van der Waals surface area (Å²) in [7, 11) is 1.51. The third kappa shape index (κ3) is 3.53. The summed E-state index contributed by atoms with van der Waals surface area (Å²) in [6.07, 6.45) is 0. The van der Waals surface area contributed by atoms with E-state index in [4.69, 9.17) is 9.15 Å². The first-order chi connectivity index (χ1) is 10.8. The fourth-order valence-corrected chi connectivity index (χ4v) is 2.39. The van der Waals surface area contributed by atoms with Crippen LogP contribution in [-0.4, -0.2) is 18.9 Å². The van der Waals surface area contributed by atoms with Gasteiger partial charge in [-0.25, -0.2) is 0 Å². The summed E-state index contributed by atoms with van der Waals surface area (Å²) >= 11 is 0. The summed E-state index contributed by atoms with van der Waals surface area (Å²) in [6, 6.07) is 5.04. The lowest BCUT2D eigenvalue weighted by molar-refractivity contribution is -0.114. The van der Waals surface area contributed by atoms with Crippen molar-refractivity contribution in [1.82, 2.24) is 0 Å². The van der Waals surface area contributed by atoms with Gasteiger partial charge in [0.1, 0.15) is 17.3 Å². The summed E-state index contributed by atoms with van der Waals surface area (Å²) in [4.78, 5) is 23.7. The maximum Gasteiger partial charge on any atom is 0.259 e. The third-order valence-electron chi connectivity index (χ3n) is 3.56. The van der Waals surface area contributed by atoms with Gasteiger partial charge in [-0.05, 0) is 39.0 Å². The topological polar surface area (TPSA) is 80.6 Å². The van der Waals surface area contributed by atoms with E-state index in [1.165, 1.54) is 14.0 Å². The van der Waals surface area contributed by atoms with Crippen LogP contribution in [0.25, 0.3) is 0 Å². The molecule has 0 bridgehead atoms. The first kappa shape index (κ1) is 16.6. The Morgan fingerprint density at radius 1 is 1.09 bits per heavy atom. The van der Waals surface area contributed by atoms with E-state index in [9.17, 15) is 9.59 Å². The van der Waals surface area contributed by atoms with Crippen molar-refractivity contribution in [3.63, 3.8) is 0 Å². The number of furan rings is 1. The zero-order chi connectivity index (χ0) is 17.1. The molecule has 6 nitrogen and oxygen atoms in total. The van der Waals surface area contributed by atoms with E-state index in [1.54, 1.807) is 25.1 Å². The molecule has 2 aromatic rings. The van der Waals surface area contributed by atoms with Crippen LogP contribution in [-0.2, 0) is 4.79 Å². The molecule has 0 unspecified atom stereocenters. The lowest BCUT2D eigenvalue weighted by Crippen LogP contribution is -2.14. The number of amides is 2. The molecule has 2 N–H and O–H groups in total. The van der Waals surface area contributed by atoms with Crippen LogP contribution >= 0.6 is 0 Å². The molecular weight excluding hydrogens is 296 g/mol. The number of carbonyl (C=O) groups is 2. The first-order valence-electron chi connectivity index (χ1n) is 7.17. The maximum absolute atomic E-state index is 12.5. The van der Waals surface area contributed by atoms with Crippen molar-refractivity contribution in [3.8, 4) is 5.75 Å². The average molecular weight is 316 g/mol. The lowest BCUT2D eigenvalue weighted by atomic mass is 10.1. The molecular formula is C17H20N2O4. The number of nitrogens with one attached hydrogen (secondary N) is 2. The summed E-state index contributed by atoms with van der Waals surface area (Å²) in [6.45, 7) is 6.83. The number of ether oxygens (including phenoxy) is 1. The fourth-order valence-electron chi connectivity index (χ4n) is 2.39. The second kappa shape index (κ2) is 6.56. The van der Waals surface area contributed by atoms with Crippen molar-refractivity contribution in [2.45, 2.75) is 27.7 Å². The number of anilines is 2. The quantitative estimate of drug-likeness (QED) is 0.905. The molecule has 0 aliphatic heterocycles. The largest absolute Gasteiger partial charge is 0.495 e. The smallest absolute Gasteiger partial charge is 0.259 e. The number of hydrogen-bond donors (Lipinski definition) is 2. The van der Waals surface area contributed by atoms with Crippen molar-refractivity contribution in [2.24, 2.45) is 0 Å². The Morgan fingerprint density at radius 2 is 1.78 bits per heavy atom. The van der Waals surface area contributed by atoms with E-state index < -0.39 is 0 Å². The number of rotatable bonds is 4. The zero-order valence-electron chi connectivity index (χ0n) is 13.9. The van der Waals surface area contributed by atoms with Crippen molar-refractivity contribution >= 4 is 23.2 Å². The van der Waals surface area contributed by atoms with Crippen LogP contribution in [0.5, 0.6) is 5.75 Å². The predicted molar refractivity (Wildman–Crippen MR) is 88.2 cm³/mol. The number of hydrogen-bond acceptors (Lipinski definition) is 4. The minimum absolute atomic E-state index is 0.219. The molecule has 2 rings (SSSR count). The van der Waals surface area contributed by atoms with Crippen molar-refractivity contribution < 1.29 is 18.7 Å². The zero-order valence-corrected chi connectivity index (χ0v) is 13.9. The molecule has 6 heteroatoms. The number of methoxy groups -OCH3 is 1. The number of carbonyl (C=O) groups excluding carboxylic acids is 2. The van der Waals surface area contributed by atoms with E-state index >= 15 is 0 Å². The van der Waals surface area contributed by atoms with Gasteiger partial charge in [0.05, 0.1) is 18.4 Å². The highest BCUT2D eigenvalue weighted by molar-refractivity contribution is 6.06. The molecule has 0 saturated carbocycles. The van der Waals surface area contributed by atoms with Crippen LogP contribution in [0.1, 0.15) is 34.4 Å². The van der Waals surface area contributed by atoms with E-state index in [-0.39, 0.29) is 11.8 Å². The molecule has 0 radical (unpaired) electrons. The molecule has 1 heterocycles. The SMILES string of the molecule is COc1ccc(NC(=O)c2c(C)oc(C)c2C)cc1NC(C)=O. The second-order valence-corrected chi connectivity index (χ2v) is 5.26. The van der Waals surface area contributed by atoms with Crippen LogP contribution in [0.3, 0.4) is 0 Å². The molecule has 0 fully saturated rings. The molecule has 0 spiro atoms. The van der Waals surface area contributed by atoms with Crippen LogP contribution in [0, 0.1) is 20.8 Å². The Labute approximate surface area is 134 Å². The average Bonchev–Trinajstić information content (AvgIpc) is 2.71. The van der Waals surface area contributed by atoms with Crippen LogP contribution in [0.2, 0.25) is 0 Å². The monoisotopic (exact) mass is 316 g/mol. The van der Waals surface area contributed by atoms with Gasteiger partial charge in [-0.2, -0.15) is 0 Å². The Bertz CT molecular complexity index is 762. The molecule has 0 atom stereocenters. The normalized spacial score (nSPS) is 10.3. The van der Waals surface area contributed by atoms with Crippen LogP contribution in [0.4, 0.5) is 11.4 Å². The van der Waals surface area contributed by atoms with E-state index in [2.05, 4.69) is 10.6 Å². The summed E-state index contributed by atoms with van der Waals surface area (Å²) in [5.41, 5.74) is 2.39. The molecule has 1 aromatic carbocycles. The molecule has 2 amide bonds. The van der Waals surface area contributed by atoms with Gasteiger partial charge in [0.25, 0.3) is 5.91 Å². The Morgan fingerprint density at radius 3 is 2.30 bits per heavy atom. The van der Waals surface area contributed by atoms with Gasteiger partial charge in [0.15, 0.2) is 0 Å². The van der Waals surface area contributed by atoms with Crippen LogP contribution in [0.15, 0.2) is 22.6 Å². The number of benzene rings is 1. The highest BCUT2D eigenvalue weighted by Gasteiger charge is 2.19. The second-order valence-electron chi connectivity index (χ2n) is 5.26. The van der Waals surface area contributed by atoms with E-state index in [1.807, 2.05) is 13.8 Å². The highest BCUT2D eigenvalue weighted by atomic mass is 16.5. The van der Waals surface area contributed by atoms with Crippen molar-refractivity contribution in [3.05, 3.63) is 40.8 Å². The van der Waals surface area contributed by atoms with Gasteiger partial charge in [0, 0.05) is 18.2 Å². The highest BCUT2D eigenvalue weighted by Crippen LogP contribution is 2.29. The number of aryl methyl sites for hydroxylation is 2. The van der Waals surface area contributed by atoms with Gasteiger partial charge in [-0.15, -0.1) is 0 Å². The van der Waals surface area contributed by atoms with Gasteiger partial charge < -0.3 is 19.8 Å². The standard InChI is InChI=1S/C17H20N2O4/c1-9-10(2)23-11(3)16(9)17(21)19-13-6-7-15(22-5)14(8-13)18-12(4)20/h6-8H,1-5H3,(H,18,20)(H,19,21). The summed E-state index contributed by atoms with van der Waals surface area (Å²) < 4.78 is 10.7. The van der Waals surface area contributed by atoms with E-state index in [0.29, 0.717) is 28.4 Å². The fraction of sp³-hybridized carbons (Fsp3) is 0.294. The summed E-state index contributed by atoms with van der Waals surface area (Å²) in [5, 5.41) is 5.48. The van der Waals surface area contributed by atoms with Crippen molar-refractivity contribution in [2.75, 3.05) is 17.7 Å². The van der Waals surface area contributed by atoms with Crippen molar-refractivity contribution in [1.29, 1.82) is 0 Å².